The molecule has 1 atom stereocenters. The summed E-state index contributed by atoms with van der Waals surface area (Å²) in [7, 11) is 0. The maximum Gasteiger partial charge on any atom is 0.0420 e. The van der Waals surface area contributed by atoms with Gasteiger partial charge in [-0.25, -0.2) is 0 Å². The predicted octanol–water partition coefficient (Wildman–Crippen LogP) is 1.38. The van der Waals surface area contributed by atoms with Crippen molar-refractivity contribution in [2.24, 2.45) is 5.84 Å². The van der Waals surface area contributed by atoms with Crippen LogP contribution in [0.3, 0.4) is 0 Å². The van der Waals surface area contributed by atoms with E-state index < -0.39 is 0 Å². The Labute approximate surface area is 95.8 Å². The first-order valence-electron chi connectivity index (χ1n) is 5.19. The van der Waals surface area contributed by atoms with Crippen molar-refractivity contribution < 1.29 is 0 Å². The first-order chi connectivity index (χ1) is 7.30. The van der Waals surface area contributed by atoms with Gasteiger partial charge < -0.3 is 0 Å². The van der Waals surface area contributed by atoms with Gasteiger partial charge in [-0.05, 0) is 24.3 Å². The van der Waals surface area contributed by atoms with Gasteiger partial charge in [-0.15, -0.1) is 0 Å². The number of hydrogen-bond donors (Lipinski definition) is 2. The van der Waals surface area contributed by atoms with Crippen LogP contribution in [0.2, 0.25) is 0 Å². The summed E-state index contributed by atoms with van der Waals surface area (Å²) in [5, 5.41) is 0. The Balaban J connectivity index is 2.55. The molecular formula is C11H19N3S. The molecule has 1 heterocycles. The van der Waals surface area contributed by atoms with Crippen molar-refractivity contribution in [3.05, 3.63) is 29.6 Å². The zero-order chi connectivity index (χ0) is 11.1. The smallest absolute Gasteiger partial charge is 0.0420 e. The summed E-state index contributed by atoms with van der Waals surface area (Å²) in [6, 6.07) is 4.53. The van der Waals surface area contributed by atoms with Gasteiger partial charge in [0, 0.05) is 30.1 Å². The summed E-state index contributed by atoms with van der Waals surface area (Å²) >= 11 is 1.79. The van der Waals surface area contributed by atoms with E-state index in [0.717, 1.165) is 24.3 Å². The summed E-state index contributed by atoms with van der Waals surface area (Å²) in [5.74, 6) is 6.48. The summed E-state index contributed by atoms with van der Waals surface area (Å²) in [4.78, 5) is 4.41. The first-order valence-corrected chi connectivity index (χ1v) is 6.58. The van der Waals surface area contributed by atoms with E-state index in [-0.39, 0.29) is 0 Å². The lowest BCUT2D eigenvalue weighted by atomic mass is 10.1. The van der Waals surface area contributed by atoms with Gasteiger partial charge in [0.1, 0.15) is 0 Å². The third-order valence-corrected chi connectivity index (χ3v) is 3.09. The molecule has 0 bridgehead atoms. The number of rotatable bonds is 6. The van der Waals surface area contributed by atoms with Crippen LogP contribution in [0.4, 0.5) is 0 Å². The molecule has 3 N–H and O–H groups in total. The molecule has 3 nitrogen and oxygen atoms in total. The molecule has 0 aromatic carbocycles. The molecule has 1 unspecified atom stereocenters. The van der Waals surface area contributed by atoms with Crippen LogP contribution in [0, 0.1) is 0 Å². The zero-order valence-electron chi connectivity index (χ0n) is 9.36. The van der Waals surface area contributed by atoms with E-state index >= 15 is 0 Å². The van der Waals surface area contributed by atoms with E-state index in [0.29, 0.717) is 6.04 Å². The van der Waals surface area contributed by atoms with Crippen LogP contribution in [-0.2, 0) is 12.8 Å². The maximum atomic E-state index is 5.47. The van der Waals surface area contributed by atoms with Gasteiger partial charge in [0.2, 0.25) is 0 Å². The van der Waals surface area contributed by atoms with E-state index in [1.807, 2.05) is 6.20 Å². The largest absolute Gasteiger partial charge is 0.271 e. The van der Waals surface area contributed by atoms with Crippen molar-refractivity contribution in [1.29, 1.82) is 0 Å². The standard InChI is InChI=1S/C11H19N3S/c1-3-9-4-5-10(13-7-9)6-11(14-12)8-15-2/h4-5,7,11,14H,3,6,8,12H2,1-2H3. The van der Waals surface area contributed by atoms with Gasteiger partial charge in [0.05, 0.1) is 0 Å². The second kappa shape index (κ2) is 6.82. The molecule has 1 rings (SSSR count). The van der Waals surface area contributed by atoms with Crippen LogP contribution < -0.4 is 11.3 Å². The number of hydrazine groups is 1. The number of aryl methyl sites for hydroxylation is 1. The lowest BCUT2D eigenvalue weighted by Gasteiger charge is -2.13. The normalized spacial score (nSPS) is 12.7. The fourth-order valence-electron chi connectivity index (χ4n) is 1.40. The van der Waals surface area contributed by atoms with Gasteiger partial charge in [0.25, 0.3) is 0 Å². The predicted molar refractivity (Wildman–Crippen MR) is 66.8 cm³/mol. The molecule has 0 amide bonds. The van der Waals surface area contributed by atoms with Gasteiger partial charge in [-0.1, -0.05) is 13.0 Å². The SMILES string of the molecule is CCc1ccc(CC(CSC)NN)nc1. The average molecular weight is 225 g/mol. The third kappa shape index (κ3) is 4.20. The van der Waals surface area contributed by atoms with E-state index in [1.54, 1.807) is 11.8 Å². The number of hydrogen-bond acceptors (Lipinski definition) is 4. The van der Waals surface area contributed by atoms with Crippen LogP contribution >= 0.6 is 11.8 Å². The minimum absolute atomic E-state index is 0.306. The van der Waals surface area contributed by atoms with Gasteiger partial charge in [-0.3, -0.25) is 16.3 Å². The summed E-state index contributed by atoms with van der Waals surface area (Å²) < 4.78 is 0. The van der Waals surface area contributed by atoms with E-state index in [9.17, 15) is 0 Å². The Morgan fingerprint density at radius 2 is 2.33 bits per heavy atom. The minimum atomic E-state index is 0.306. The molecule has 0 spiro atoms. The van der Waals surface area contributed by atoms with Crippen LogP contribution in [0.25, 0.3) is 0 Å². The van der Waals surface area contributed by atoms with E-state index in [2.05, 4.69) is 35.7 Å². The average Bonchev–Trinajstić information content (AvgIpc) is 2.29. The number of pyridine rings is 1. The summed E-state index contributed by atoms with van der Waals surface area (Å²) in [6.45, 7) is 2.13. The molecule has 0 fully saturated rings. The number of nitrogens with zero attached hydrogens (tertiary/aromatic N) is 1. The quantitative estimate of drug-likeness (QED) is 0.567. The molecule has 84 valence electrons. The van der Waals surface area contributed by atoms with Gasteiger partial charge in [0.15, 0.2) is 0 Å². The molecule has 1 aromatic rings. The lowest BCUT2D eigenvalue weighted by Crippen LogP contribution is -2.38. The van der Waals surface area contributed by atoms with Crippen molar-refractivity contribution in [3.8, 4) is 0 Å². The van der Waals surface area contributed by atoms with Crippen molar-refractivity contribution in [2.45, 2.75) is 25.8 Å². The van der Waals surface area contributed by atoms with Crippen LogP contribution in [-0.4, -0.2) is 23.0 Å². The molecule has 1 aromatic heterocycles. The lowest BCUT2D eigenvalue weighted by molar-refractivity contribution is 0.569. The van der Waals surface area contributed by atoms with E-state index in [4.69, 9.17) is 5.84 Å². The summed E-state index contributed by atoms with van der Waals surface area (Å²) in [5.41, 5.74) is 5.20. The van der Waals surface area contributed by atoms with Crippen molar-refractivity contribution >= 4 is 11.8 Å². The highest BCUT2D eigenvalue weighted by Gasteiger charge is 2.07. The van der Waals surface area contributed by atoms with Crippen molar-refractivity contribution in [3.63, 3.8) is 0 Å². The maximum absolute atomic E-state index is 5.47. The number of nitrogens with one attached hydrogen (secondary N) is 1. The third-order valence-electron chi connectivity index (χ3n) is 2.35. The van der Waals surface area contributed by atoms with Gasteiger partial charge >= 0.3 is 0 Å². The molecule has 4 heteroatoms. The van der Waals surface area contributed by atoms with E-state index in [1.165, 1.54) is 5.56 Å². The van der Waals surface area contributed by atoms with Crippen molar-refractivity contribution in [1.82, 2.24) is 10.4 Å². The van der Waals surface area contributed by atoms with Crippen molar-refractivity contribution in [2.75, 3.05) is 12.0 Å². The fraction of sp³-hybridized carbons (Fsp3) is 0.545. The fourth-order valence-corrected chi connectivity index (χ4v) is 2.02. The second-order valence-electron chi connectivity index (χ2n) is 3.53. The zero-order valence-corrected chi connectivity index (χ0v) is 10.2. The molecular weight excluding hydrogens is 206 g/mol. The highest BCUT2D eigenvalue weighted by molar-refractivity contribution is 7.98. The molecule has 0 aliphatic heterocycles. The Morgan fingerprint density at radius 3 is 2.80 bits per heavy atom. The van der Waals surface area contributed by atoms with Crippen LogP contribution in [0.5, 0.6) is 0 Å². The molecule has 0 saturated carbocycles. The molecule has 0 aliphatic carbocycles. The number of aromatic nitrogens is 1. The number of thioether (sulfide) groups is 1. The Morgan fingerprint density at radius 1 is 1.53 bits per heavy atom. The van der Waals surface area contributed by atoms with Gasteiger partial charge in [-0.2, -0.15) is 11.8 Å². The highest BCUT2D eigenvalue weighted by atomic mass is 32.2. The Bertz CT molecular complexity index is 274. The van der Waals surface area contributed by atoms with Crippen LogP contribution in [0.1, 0.15) is 18.2 Å². The Hall–Kier alpha value is -0.580. The highest BCUT2D eigenvalue weighted by Crippen LogP contribution is 2.06. The number of nitrogens with two attached hydrogens (primary N) is 1. The second-order valence-corrected chi connectivity index (χ2v) is 4.45. The summed E-state index contributed by atoms with van der Waals surface area (Å²) in [6.07, 6.45) is 5.96. The molecule has 15 heavy (non-hydrogen) atoms. The minimum Gasteiger partial charge on any atom is -0.271 e. The molecule has 0 saturated heterocycles. The first kappa shape index (κ1) is 12.5. The topological polar surface area (TPSA) is 50.9 Å². The van der Waals surface area contributed by atoms with Crippen LogP contribution in [0.15, 0.2) is 18.3 Å². The monoisotopic (exact) mass is 225 g/mol. The molecule has 0 radical (unpaired) electrons. The molecule has 0 aliphatic rings. The Kier molecular flexibility index (Phi) is 5.68.